The van der Waals surface area contributed by atoms with Crippen molar-refractivity contribution in [3.63, 3.8) is 0 Å². The van der Waals surface area contributed by atoms with Crippen molar-refractivity contribution in [1.29, 1.82) is 0 Å². The Morgan fingerprint density at radius 3 is 2.87 bits per heavy atom. The summed E-state index contributed by atoms with van der Waals surface area (Å²) >= 11 is 2.22. The van der Waals surface area contributed by atoms with Crippen LogP contribution >= 0.6 is 22.6 Å². The monoisotopic (exact) mass is 316 g/mol. The van der Waals surface area contributed by atoms with Crippen molar-refractivity contribution in [2.45, 2.75) is 19.8 Å². The second kappa shape index (κ2) is 4.51. The quantitative estimate of drug-likeness (QED) is 0.629. The number of halogens is 1. The molecule has 1 aliphatic rings. The Morgan fingerprint density at radius 1 is 1.53 bits per heavy atom. The number of ketones is 1. The Kier molecular flexibility index (Phi) is 3.29. The fraction of sp³-hybridized carbons (Fsp3) is 0.417. The molecule has 80 valence electrons. The maximum atomic E-state index is 12.0. The summed E-state index contributed by atoms with van der Waals surface area (Å²) in [6, 6.07) is 5.78. The van der Waals surface area contributed by atoms with Crippen molar-refractivity contribution in [2.24, 2.45) is 5.92 Å². The van der Waals surface area contributed by atoms with Crippen LogP contribution in [0.3, 0.4) is 0 Å². The van der Waals surface area contributed by atoms with Crippen LogP contribution in [0.5, 0.6) is 5.75 Å². The first-order chi connectivity index (χ1) is 7.22. The molecule has 0 N–H and O–H groups in total. The lowest BCUT2D eigenvalue weighted by Gasteiger charge is -2.09. The second-order valence-electron chi connectivity index (χ2n) is 3.71. The van der Waals surface area contributed by atoms with Gasteiger partial charge in [0.25, 0.3) is 0 Å². The van der Waals surface area contributed by atoms with E-state index in [0.29, 0.717) is 6.61 Å². The fourth-order valence-corrected chi connectivity index (χ4v) is 2.03. The third-order valence-electron chi connectivity index (χ3n) is 2.46. The van der Waals surface area contributed by atoms with E-state index in [1.165, 1.54) is 0 Å². The number of Topliss-reactive ketones (excluding diaryl/α,β-unsaturated/α-hetero) is 1. The number of hydrogen-bond donors (Lipinski definition) is 0. The number of carbonyl (C=O) groups excluding carboxylic acids is 1. The van der Waals surface area contributed by atoms with E-state index in [1.54, 1.807) is 0 Å². The maximum absolute atomic E-state index is 12.0. The Morgan fingerprint density at radius 2 is 2.27 bits per heavy atom. The van der Waals surface area contributed by atoms with Crippen LogP contribution in [0.1, 0.15) is 30.1 Å². The van der Waals surface area contributed by atoms with Gasteiger partial charge in [-0.25, -0.2) is 0 Å². The summed E-state index contributed by atoms with van der Waals surface area (Å²) in [5, 5.41) is 0. The first kappa shape index (κ1) is 10.9. The Bertz CT molecular complexity index is 383. The number of hydrogen-bond acceptors (Lipinski definition) is 2. The topological polar surface area (TPSA) is 26.3 Å². The van der Waals surface area contributed by atoms with Crippen molar-refractivity contribution in [3.8, 4) is 5.75 Å². The molecule has 0 saturated heterocycles. The van der Waals surface area contributed by atoms with E-state index in [1.807, 2.05) is 25.1 Å². The molecule has 0 aliphatic heterocycles. The van der Waals surface area contributed by atoms with Gasteiger partial charge in [0.2, 0.25) is 0 Å². The molecule has 15 heavy (non-hydrogen) atoms. The smallest absolute Gasteiger partial charge is 0.169 e. The lowest BCUT2D eigenvalue weighted by molar-refractivity contribution is 0.0964. The highest BCUT2D eigenvalue weighted by molar-refractivity contribution is 14.1. The molecule has 0 amide bonds. The minimum absolute atomic E-state index is 0.247. The van der Waals surface area contributed by atoms with Gasteiger partial charge in [-0.05, 0) is 60.6 Å². The van der Waals surface area contributed by atoms with E-state index < -0.39 is 0 Å². The predicted octanol–water partition coefficient (Wildman–Crippen LogP) is 3.28. The second-order valence-corrected chi connectivity index (χ2v) is 4.96. The minimum atomic E-state index is 0.247. The van der Waals surface area contributed by atoms with Crippen LogP contribution < -0.4 is 4.74 Å². The van der Waals surface area contributed by atoms with Gasteiger partial charge in [0, 0.05) is 9.49 Å². The zero-order chi connectivity index (χ0) is 10.8. The summed E-state index contributed by atoms with van der Waals surface area (Å²) < 4.78 is 6.55. The Labute approximate surface area is 103 Å². The Hall–Kier alpha value is -0.580. The van der Waals surface area contributed by atoms with Crippen LogP contribution in [-0.4, -0.2) is 12.4 Å². The summed E-state index contributed by atoms with van der Waals surface area (Å²) in [6.07, 6.45) is 2.08. The normalized spacial score (nSPS) is 15.1. The van der Waals surface area contributed by atoms with E-state index in [0.717, 1.165) is 27.7 Å². The molecule has 1 aromatic carbocycles. The molecule has 0 heterocycles. The average Bonchev–Trinajstić information content (AvgIpc) is 3.03. The van der Waals surface area contributed by atoms with Crippen LogP contribution in [0.25, 0.3) is 0 Å². The van der Waals surface area contributed by atoms with Crippen molar-refractivity contribution in [1.82, 2.24) is 0 Å². The zero-order valence-electron chi connectivity index (χ0n) is 8.63. The highest BCUT2D eigenvalue weighted by atomic mass is 127. The highest BCUT2D eigenvalue weighted by Crippen LogP contribution is 2.35. The SMILES string of the molecule is CCOc1ccc(I)cc1C(=O)C1CC1. The summed E-state index contributed by atoms with van der Waals surface area (Å²) in [4.78, 5) is 12.0. The molecule has 1 aliphatic carbocycles. The third-order valence-corrected chi connectivity index (χ3v) is 3.13. The maximum Gasteiger partial charge on any atom is 0.169 e. The van der Waals surface area contributed by atoms with Crippen LogP contribution in [0.4, 0.5) is 0 Å². The van der Waals surface area contributed by atoms with Crippen molar-refractivity contribution in [2.75, 3.05) is 6.61 Å². The summed E-state index contributed by atoms with van der Waals surface area (Å²) in [5.41, 5.74) is 0.756. The van der Waals surface area contributed by atoms with Gasteiger partial charge in [0.1, 0.15) is 5.75 Å². The van der Waals surface area contributed by atoms with Gasteiger partial charge in [-0.3, -0.25) is 4.79 Å². The van der Waals surface area contributed by atoms with Crippen LogP contribution in [0.2, 0.25) is 0 Å². The third kappa shape index (κ3) is 2.51. The predicted molar refractivity (Wildman–Crippen MR) is 67.4 cm³/mol. The van der Waals surface area contributed by atoms with Gasteiger partial charge in [-0.2, -0.15) is 0 Å². The lowest BCUT2D eigenvalue weighted by atomic mass is 10.1. The molecule has 0 radical (unpaired) electrons. The summed E-state index contributed by atoms with van der Waals surface area (Å²) in [7, 11) is 0. The van der Waals surface area contributed by atoms with Gasteiger partial charge in [0.15, 0.2) is 5.78 Å². The van der Waals surface area contributed by atoms with Gasteiger partial charge in [-0.1, -0.05) is 0 Å². The largest absolute Gasteiger partial charge is 0.493 e. The van der Waals surface area contributed by atoms with Gasteiger partial charge in [-0.15, -0.1) is 0 Å². The molecule has 0 spiro atoms. The van der Waals surface area contributed by atoms with Crippen LogP contribution in [-0.2, 0) is 0 Å². The molecular formula is C12H13IO2. The number of rotatable bonds is 4. The van der Waals surface area contributed by atoms with E-state index in [2.05, 4.69) is 22.6 Å². The van der Waals surface area contributed by atoms with Crippen molar-refractivity contribution in [3.05, 3.63) is 27.3 Å². The molecular weight excluding hydrogens is 303 g/mol. The van der Waals surface area contributed by atoms with E-state index in [4.69, 9.17) is 4.74 Å². The van der Waals surface area contributed by atoms with Gasteiger partial charge >= 0.3 is 0 Å². The molecule has 1 fully saturated rings. The Balaban J connectivity index is 2.32. The van der Waals surface area contributed by atoms with Crippen LogP contribution in [0, 0.1) is 9.49 Å². The number of benzene rings is 1. The van der Waals surface area contributed by atoms with Gasteiger partial charge in [0.05, 0.1) is 12.2 Å². The van der Waals surface area contributed by atoms with E-state index in [9.17, 15) is 4.79 Å². The van der Waals surface area contributed by atoms with E-state index in [-0.39, 0.29) is 11.7 Å². The standard InChI is InChI=1S/C12H13IO2/c1-2-15-11-6-5-9(13)7-10(11)12(14)8-3-4-8/h5-8H,2-4H2,1H3. The van der Waals surface area contributed by atoms with Crippen LogP contribution in [0.15, 0.2) is 18.2 Å². The zero-order valence-corrected chi connectivity index (χ0v) is 10.8. The summed E-state index contributed by atoms with van der Waals surface area (Å²) in [6.45, 7) is 2.54. The van der Waals surface area contributed by atoms with E-state index >= 15 is 0 Å². The molecule has 1 aromatic rings. The minimum Gasteiger partial charge on any atom is -0.493 e. The molecule has 0 unspecified atom stereocenters. The molecule has 0 atom stereocenters. The first-order valence-corrected chi connectivity index (χ1v) is 6.26. The fourth-order valence-electron chi connectivity index (χ4n) is 1.54. The molecule has 3 heteroatoms. The number of carbonyl (C=O) groups is 1. The van der Waals surface area contributed by atoms with Crippen molar-refractivity contribution < 1.29 is 9.53 Å². The molecule has 2 rings (SSSR count). The molecule has 2 nitrogen and oxygen atoms in total. The van der Waals surface area contributed by atoms with Crippen molar-refractivity contribution >= 4 is 28.4 Å². The first-order valence-electron chi connectivity index (χ1n) is 5.19. The number of ether oxygens (including phenoxy) is 1. The van der Waals surface area contributed by atoms with Gasteiger partial charge < -0.3 is 4.74 Å². The molecule has 1 saturated carbocycles. The summed E-state index contributed by atoms with van der Waals surface area (Å²) in [5.74, 6) is 1.23. The lowest BCUT2D eigenvalue weighted by Crippen LogP contribution is -2.06. The highest BCUT2D eigenvalue weighted by Gasteiger charge is 2.32. The molecule has 0 bridgehead atoms. The average molecular weight is 316 g/mol. The molecule has 0 aromatic heterocycles.